The summed E-state index contributed by atoms with van der Waals surface area (Å²) < 4.78 is 6.88. The fraction of sp³-hybridized carbons (Fsp3) is 0.375. The number of hydrogen-bond donors (Lipinski definition) is 1. The highest BCUT2D eigenvalue weighted by Crippen LogP contribution is 2.13. The summed E-state index contributed by atoms with van der Waals surface area (Å²) >= 11 is 0. The lowest BCUT2D eigenvalue weighted by molar-refractivity contribution is 0.0932. The minimum atomic E-state index is -0.390. The van der Waals surface area contributed by atoms with Crippen molar-refractivity contribution in [2.45, 2.75) is 33.2 Å². The number of hydrogen-bond acceptors (Lipinski definition) is 7. The lowest BCUT2D eigenvalue weighted by Gasteiger charge is -2.09. The second kappa shape index (κ2) is 7.20. The van der Waals surface area contributed by atoms with Crippen LogP contribution in [-0.4, -0.2) is 35.8 Å². The van der Waals surface area contributed by atoms with Gasteiger partial charge in [0.15, 0.2) is 5.82 Å². The molecule has 0 aliphatic carbocycles. The van der Waals surface area contributed by atoms with Gasteiger partial charge in [-0.15, -0.1) is 10.2 Å². The van der Waals surface area contributed by atoms with E-state index >= 15 is 0 Å². The highest BCUT2D eigenvalue weighted by atomic mass is 16.5. The molecule has 0 unspecified atom stereocenters. The van der Waals surface area contributed by atoms with Crippen LogP contribution in [0, 0.1) is 5.92 Å². The maximum absolute atomic E-state index is 12.3. The van der Waals surface area contributed by atoms with Gasteiger partial charge in [0.2, 0.25) is 5.89 Å². The molecule has 9 heteroatoms. The zero-order chi connectivity index (χ0) is 17.8. The van der Waals surface area contributed by atoms with Crippen molar-refractivity contribution in [3.8, 4) is 5.82 Å². The van der Waals surface area contributed by atoms with Crippen LogP contribution in [0.1, 0.15) is 48.9 Å². The minimum absolute atomic E-state index is 0.265. The summed E-state index contributed by atoms with van der Waals surface area (Å²) in [6.07, 6.45) is 5.30. The van der Waals surface area contributed by atoms with E-state index in [2.05, 4.69) is 44.5 Å². The Morgan fingerprint density at radius 1 is 1.24 bits per heavy atom. The van der Waals surface area contributed by atoms with Crippen LogP contribution >= 0.6 is 0 Å². The molecule has 0 bridgehead atoms. The Morgan fingerprint density at radius 3 is 2.64 bits per heavy atom. The zero-order valence-corrected chi connectivity index (χ0v) is 14.2. The molecular weight excluding hydrogens is 322 g/mol. The summed E-state index contributed by atoms with van der Waals surface area (Å²) in [5, 5.41) is 14.2. The first-order chi connectivity index (χ1) is 12.0. The van der Waals surface area contributed by atoms with Gasteiger partial charge in [0, 0.05) is 12.6 Å². The van der Waals surface area contributed by atoms with E-state index in [9.17, 15) is 4.79 Å². The van der Waals surface area contributed by atoms with Crippen LogP contribution in [0.15, 0.2) is 35.5 Å². The van der Waals surface area contributed by atoms with Crippen molar-refractivity contribution in [2.24, 2.45) is 5.92 Å². The summed E-state index contributed by atoms with van der Waals surface area (Å²) in [6.45, 7) is 5.96. The molecule has 0 saturated carbocycles. The Labute approximate surface area is 144 Å². The smallest absolute Gasteiger partial charge is 0.253 e. The monoisotopic (exact) mass is 341 g/mol. The maximum atomic E-state index is 12.3. The van der Waals surface area contributed by atoms with Crippen molar-refractivity contribution in [2.75, 3.05) is 0 Å². The molecule has 0 spiro atoms. The van der Waals surface area contributed by atoms with E-state index in [1.807, 2.05) is 0 Å². The van der Waals surface area contributed by atoms with Gasteiger partial charge in [0.05, 0.1) is 5.56 Å². The van der Waals surface area contributed by atoms with Crippen molar-refractivity contribution in [1.82, 2.24) is 35.2 Å². The quantitative estimate of drug-likeness (QED) is 0.726. The van der Waals surface area contributed by atoms with Crippen molar-refractivity contribution in [3.63, 3.8) is 0 Å². The molecule has 3 aromatic heterocycles. The molecule has 3 aromatic rings. The molecule has 0 aromatic carbocycles. The number of amides is 1. The van der Waals surface area contributed by atoms with E-state index in [0.717, 1.165) is 6.42 Å². The SMILES string of the molecule is CC(C)Cc1noc([C@@H](C)NC(=O)c2ccc(-n3cnnc3)nc2)n1. The molecule has 1 N–H and O–H groups in total. The Bertz CT molecular complexity index is 825. The van der Waals surface area contributed by atoms with E-state index in [4.69, 9.17) is 4.52 Å². The molecule has 0 radical (unpaired) electrons. The van der Waals surface area contributed by atoms with Crippen LogP contribution < -0.4 is 5.32 Å². The molecule has 1 amide bonds. The third kappa shape index (κ3) is 4.06. The molecule has 1 atom stereocenters. The number of carbonyl (C=O) groups is 1. The first-order valence-corrected chi connectivity index (χ1v) is 7.97. The number of carbonyl (C=O) groups excluding carboxylic acids is 1. The summed E-state index contributed by atoms with van der Waals surface area (Å²) in [5.74, 6) is 1.83. The van der Waals surface area contributed by atoms with Crippen LogP contribution in [0.4, 0.5) is 0 Å². The van der Waals surface area contributed by atoms with Gasteiger partial charge in [0.1, 0.15) is 24.5 Å². The highest BCUT2D eigenvalue weighted by molar-refractivity contribution is 5.94. The van der Waals surface area contributed by atoms with Gasteiger partial charge in [-0.3, -0.25) is 9.36 Å². The summed E-state index contributed by atoms with van der Waals surface area (Å²) in [6, 6.07) is 3.01. The molecule has 0 fully saturated rings. The molecule has 0 saturated heterocycles. The normalized spacial score (nSPS) is 12.3. The fourth-order valence-electron chi connectivity index (χ4n) is 2.23. The molecule has 3 heterocycles. The molecule has 3 rings (SSSR count). The average Bonchev–Trinajstić information content (AvgIpc) is 3.26. The number of aromatic nitrogens is 6. The Morgan fingerprint density at radius 2 is 2.00 bits per heavy atom. The molecular formula is C16H19N7O2. The Kier molecular flexibility index (Phi) is 4.82. The third-order valence-electron chi connectivity index (χ3n) is 3.49. The van der Waals surface area contributed by atoms with Gasteiger partial charge >= 0.3 is 0 Å². The molecule has 0 aliphatic heterocycles. The lowest BCUT2D eigenvalue weighted by Crippen LogP contribution is -2.27. The van der Waals surface area contributed by atoms with E-state index in [1.165, 1.54) is 18.9 Å². The zero-order valence-electron chi connectivity index (χ0n) is 14.2. The standard InChI is InChI=1S/C16H19N7O2/c1-10(2)6-13-21-16(25-22-13)11(3)20-15(24)12-4-5-14(17-7-12)23-8-18-19-9-23/h4-5,7-11H,6H2,1-3H3,(H,20,24)/t11-/m1/s1. The average molecular weight is 341 g/mol. The van der Waals surface area contributed by atoms with E-state index in [1.54, 1.807) is 23.6 Å². The summed E-state index contributed by atoms with van der Waals surface area (Å²) in [5.41, 5.74) is 0.436. The van der Waals surface area contributed by atoms with Gasteiger partial charge in [-0.05, 0) is 25.0 Å². The molecule has 130 valence electrons. The predicted molar refractivity (Wildman–Crippen MR) is 87.9 cm³/mol. The molecule has 25 heavy (non-hydrogen) atoms. The van der Waals surface area contributed by atoms with E-state index in [-0.39, 0.29) is 5.91 Å². The first kappa shape index (κ1) is 16.7. The van der Waals surface area contributed by atoms with E-state index < -0.39 is 6.04 Å². The van der Waals surface area contributed by atoms with Crippen LogP contribution in [0.3, 0.4) is 0 Å². The van der Waals surface area contributed by atoms with Crippen molar-refractivity contribution < 1.29 is 9.32 Å². The van der Waals surface area contributed by atoms with Crippen molar-refractivity contribution in [3.05, 3.63) is 48.3 Å². The Balaban J connectivity index is 1.64. The molecule has 9 nitrogen and oxygen atoms in total. The first-order valence-electron chi connectivity index (χ1n) is 7.97. The van der Waals surface area contributed by atoms with Gasteiger partial charge in [-0.2, -0.15) is 4.98 Å². The number of rotatable bonds is 6. The van der Waals surface area contributed by atoms with Gasteiger partial charge in [0.25, 0.3) is 5.91 Å². The lowest BCUT2D eigenvalue weighted by atomic mass is 10.1. The van der Waals surface area contributed by atoms with Crippen LogP contribution in [0.5, 0.6) is 0 Å². The van der Waals surface area contributed by atoms with Crippen LogP contribution in [0.2, 0.25) is 0 Å². The second-order valence-corrected chi connectivity index (χ2v) is 6.12. The van der Waals surface area contributed by atoms with Crippen LogP contribution in [-0.2, 0) is 6.42 Å². The van der Waals surface area contributed by atoms with Gasteiger partial charge < -0.3 is 9.84 Å². The maximum Gasteiger partial charge on any atom is 0.253 e. The third-order valence-corrected chi connectivity index (χ3v) is 3.49. The number of nitrogens with one attached hydrogen (secondary N) is 1. The predicted octanol–water partition coefficient (Wildman–Crippen LogP) is 1.73. The largest absolute Gasteiger partial charge is 0.340 e. The van der Waals surface area contributed by atoms with E-state index in [0.29, 0.717) is 29.0 Å². The Hall–Kier alpha value is -3.10. The summed E-state index contributed by atoms with van der Waals surface area (Å²) in [7, 11) is 0. The highest BCUT2D eigenvalue weighted by Gasteiger charge is 2.18. The van der Waals surface area contributed by atoms with Gasteiger partial charge in [-0.25, -0.2) is 4.98 Å². The fourth-order valence-corrected chi connectivity index (χ4v) is 2.23. The van der Waals surface area contributed by atoms with Gasteiger partial charge in [-0.1, -0.05) is 19.0 Å². The number of nitrogens with zero attached hydrogens (tertiary/aromatic N) is 6. The topological polar surface area (TPSA) is 112 Å². The van der Waals surface area contributed by atoms with Crippen LogP contribution in [0.25, 0.3) is 5.82 Å². The summed E-state index contributed by atoms with van der Waals surface area (Å²) in [4.78, 5) is 20.9. The van der Waals surface area contributed by atoms with Crippen molar-refractivity contribution in [1.29, 1.82) is 0 Å². The molecule has 0 aliphatic rings. The van der Waals surface area contributed by atoms with Crippen molar-refractivity contribution >= 4 is 5.91 Å². The number of pyridine rings is 1. The second-order valence-electron chi connectivity index (χ2n) is 6.12. The minimum Gasteiger partial charge on any atom is -0.340 e.